The van der Waals surface area contributed by atoms with Gasteiger partial charge in [0.2, 0.25) is 7.38 Å². The molecule has 0 heterocycles. The Labute approximate surface area is 128 Å². The molecule has 0 N–H and O–H groups in total. The van der Waals surface area contributed by atoms with Crippen LogP contribution in [0.3, 0.4) is 0 Å². The third-order valence-electron chi connectivity index (χ3n) is 4.67. The Morgan fingerprint density at radius 1 is 0.800 bits per heavy atom. The number of rotatable bonds is 4. The zero-order valence-electron chi connectivity index (χ0n) is 12.7. The van der Waals surface area contributed by atoms with E-state index in [-0.39, 0.29) is 5.04 Å². The SMILES string of the molecule is CC(C)C(C)(C)[Si](Cl)(c1ccccc1)c1ccccc1. The highest BCUT2D eigenvalue weighted by Crippen LogP contribution is 2.45. The van der Waals surface area contributed by atoms with Crippen molar-refractivity contribution in [3.05, 3.63) is 60.7 Å². The molecule has 0 spiro atoms. The topological polar surface area (TPSA) is 0 Å². The first kappa shape index (κ1) is 15.3. The van der Waals surface area contributed by atoms with E-state index >= 15 is 0 Å². The minimum atomic E-state index is -2.32. The van der Waals surface area contributed by atoms with Crippen LogP contribution >= 0.6 is 11.1 Å². The zero-order chi connectivity index (χ0) is 14.8. The summed E-state index contributed by atoms with van der Waals surface area (Å²) in [6.45, 7) is 9.18. The minimum Gasteiger partial charge on any atom is -0.154 e. The van der Waals surface area contributed by atoms with Gasteiger partial charge in [-0.15, -0.1) is 0 Å². The van der Waals surface area contributed by atoms with Gasteiger partial charge in [0, 0.05) is 0 Å². The fourth-order valence-corrected chi connectivity index (χ4v) is 7.98. The number of halogens is 1. The lowest BCUT2D eigenvalue weighted by molar-refractivity contribution is 0.469. The summed E-state index contributed by atoms with van der Waals surface area (Å²) >= 11 is 7.42. The molecule has 2 aromatic carbocycles. The molecule has 0 amide bonds. The third-order valence-corrected chi connectivity index (χ3v) is 12.1. The van der Waals surface area contributed by atoms with Crippen LogP contribution in [0.4, 0.5) is 0 Å². The lowest BCUT2D eigenvalue weighted by Gasteiger charge is -2.44. The van der Waals surface area contributed by atoms with Crippen molar-refractivity contribution in [2.24, 2.45) is 5.92 Å². The maximum Gasteiger partial charge on any atom is 0.223 e. The Hall–Kier alpha value is -1.05. The van der Waals surface area contributed by atoms with Crippen LogP contribution in [-0.4, -0.2) is 7.38 Å². The molecule has 2 heteroatoms. The minimum absolute atomic E-state index is 0.0667. The molecule has 0 nitrogen and oxygen atoms in total. The second-order valence-corrected chi connectivity index (χ2v) is 11.7. The van der Waals surface area contributed by atoms with Gasteiger partial charge in [-0.1, -0.05) is 88.4 Å². The van der Waals surface area contributed by atoms with Crippen molar-refractivity contribution >= 4 is 28.8 Å². The van der Waals surface area contributed by atoms with Gasteiger partial charge in [-0.3, -0.25) is 0 Å². The molecular weight excluding hydrogens is 280 g/mol. The van der Waals surface area contributed by atoms with Gasteiger partial charge >= 0.3 is 0 Å². The molecule has 2 aromatic rings. The highest BCUT2D eigenvalue weighted by Gasteiger charge is 2.50. The van der Waals surface area contributed by atoms with Crippen LogP contribution in [0, 0.1) is 5.92 Å². The van der Waals surface area contributed by atoms with E-state index in [1.807, 2.05) is 0 Å². The molecular formula is C18H23ClSi. The van der Waals surface area contributed by atoms with Gasteiger partial charge < -0.3 is 0 Å². The second kappa shape index (κ2) is 5.75. The summed E-state index contributed by atoms with van der Waals surface area (Å²) in [5.74, 6) is 0.520. The second-order valence-electron chi connectivity index (χ2n) is 6.27. The molecule has 2 rings (SSSR count). The maximum atomic E-state index is 7.42. The first-order chi connectivity index (χ1) is 9.40. The molecule has 0 aliphatic carbocycles. The predicted octanol–water partition coefficient (Wildman–Crippen LogP) is 4.42. The summed E-state index contributed by atoms with van der Waals surface area (Å²) in [5.41, 5.74) is 0. The standard InChI is InChI=1S/C18H23ClSi/c1-15(2)18(3,4)20(19,16-11-7-5-8-12-16)17-13-9-6-10-14-17/h5-15H,1-4H3. The fourth-order valence-electron chi connectivity index (χ4n) is 2.64. The van der Waals surface area contributed by atoms with E-state index in [0.29, 0.717) is 5.92 Å². The molecule has 0 radical (unpaired) electrons. The van der Waals surface area contributed by atoms with Gasteiger partial charge in [0.05, 0.1) is 0 Å². The third kappa shape index (κ3) is 2.45. The molecule has 0 atom stereocenters. The molecule has 20 heavy (non-hydrogen) atoms. The Kier molecular flexibility index (Phi) is 4.41. The monoisotopic (exact) mass is 302 g/mol. The number of hydrogen-bond acceptors (Lipinski definition) is 0. The van der Waals surface area contributed by atoms with Crippen LogP contribution in [0.1, 0.15) is 27.7 Å². The molecule has 0 saturated heterocycles. The predicted molar refractivity (Wildman–Crippen MR) is 92.6 cm³/mol. The first-order valence-electron chi connectivity index (χ1n) is 7.20. The number of benzene rings is 2. The summed E-state index contributed by atoms with van der Waals surface area (Å²) in [4.78, 5) is 0. The van der Waals surface area contributed by atoms with Crippen LogP contribution in [0.25, 0.3) is 0 Å². The molecule has 0 aliphatic heterocycles. The first-order valence-corrected chi connectivity index (χ1v) is 10.2. The van der Waals surface area contributed by atoms with Gasteiger partial charge in [-0.2, -0.15) is 11.1 Å². The van der Waals surface area contributed by atoms with Crippen molar-refractivity contribution in [2.45, 2.75) is 32.7 Å². The highest BCUT2D eigenvalue weighted by atomic mass is 35.6. The van der Waals surface area contributed by atoms with E-state index in [0.717, 1.165) is 0 Å². The van der Waals surface area contributed by atoms with Gasteiger partial charge in [-0.25, -0.2) is 0 Å². The summed E-state index contributed by atoms with van der Waals surface area (Å²) in [7, 11) is -2.32. The maximum absolute atomic E-state index is 7.42. The largest absolute Gasteiger partial charge is 0.223 e. The lowest BCUT2D eigenvalue weighted by Crippen LogP contribution is -2.62. The van der Waals surface area contributed by atoms with Crippen molar-refractivity contribution in [1.82, 2.24) is 0 Å². The molecule has 0 fully saturated rings. The van der Waals surface area contributed by atoms with E-state index < -0.39 is 7.38 Å². The zero-order valence-corrected chi connectivity index (χ0v) is 14.5. The summed E-state index contributed by atoms with van der Waals surface area (Å²) < 4.78 is 0. The molecule has 0 aliphatic rings. The molecule has 106 valence electrons. The van der Waals surface area contributed by atoms with Crippen LogP contribution in [0.15, 0.2) is 60.7 Å². The van der Waals surface area contributed by atoms with Crippen molar-refractivity contribution in [2.75, 3.05) is 0 Å². The Balaban J connectivity index is 2.68. The average Bonchev–Trinajstić information content (AvgIpc) is 2.48. The van der Waals surface area contributed by atoms with Crippen molar-refractivity contribution in [1.29, 1.82) is 0 Å². The Morgan fingerprint density at radius 3 is 1.45 bits per heavy atom. The number of hydrogen-bond donors (Lipinski definition) is 0. The average molecular weight is 303 g/mol. The normalized spacial score (nSPS) is 12.7. The molecule has 0 saturated carbocycles. The van der Waals surface area contributed by atoms with Gasteiger partial charge in [0.25, 0.3) is 0 Å². The summed E-state index contributed by atoms with van der Waals surface area (Å²) in [6, 6.07) is 21.3. The van der Waals surface area contributed by atoms with Crippen LogP contribution in [0.5, 0.6) is 0 Å². The Morgan fingerprint density at radius 2 is 1.15 bits per heavy atom. The van der Waals surface area contributed by atoms with Gasteiger partial charge in [0.15, 0.2) is 0 Å². The van der Waals surface area contributed by atoms with E-state index in [1.54, 1.807) is 0 Å². The molecule has 0 unspecified atom stereocenters. The van der Waals surface area contributed by atoms with Gasteiger partial charge in [-0.05, 0) is 21.3 Å². The van der Waals surface area contributed by atoms with E-state index in [1.165, 1.54) is 10.4 Å². The highest BCUT2D eigenvalue weighted by molar-refractivity contribution is 7.35. The van der Waals surface area contributed by atoms with Gasteiger partial charge in [0.1, 0.15) is 0 Å². The molecule has 0 aromatic heterocycles. The van der Waals surface area contributed by atoms with Crippen molar-refractivity contribution in [3.63, 3.8) is 0 Å². The summed E-state index contributed by atoms with van der Waals surface area (Å²) in [5, 5.41) is 2.66. The summed E-state index contributed by atoms with van der Waals surface area (Å²) in [6.07, 6.45) is 0. The van der Waals surface area contributed by atoms with E-state index in [4.69, 9.17) is 11.1 Å². The van der Waals surface area contributed by atoms with Crippen LogP contribution in [0.2, 0.25) is 5.04 Å². The lowest BCUT2D eigenvalue weighted by atomic mass is 9.99. The van der Waals surface area contributed by atoms with E-state index in [9.17, 15) is 0 Å². The quantitative estimate of drug-likeness (QED) is 0.579. The van der Waals surface area contributed by atoms with Crippen molar-refractivity contribution in [3.8, 4) is 0 Å². The smallest absolute Gasteiger partial charge is 0.154 e. The van der Waals surface area contributed by atoms with Crippen molar-refractivity contribution < 1.29 is 0 Å². The van der Waals surface area contributed by atoms with E-state index in [2.05, 4.69) is 88.4 Å². The fraction of sp³-hybridized carbons (Fsp3) is 0.333. The van der Waals surface area contributed by atoms with Crippen LogP contribution in [-0.2, 0) is 0 Å². The Bertz CT molecular complexity index is 507. The van der Waals surface area contributed by atoms with Crippen LogP contribution < -0.4 is 10.4 Å². The molecule has 0 bridgehead atoms.